The van der Waals surface area contributed by atoms with E-state index in [2.05, 4.69) is 5.32 Å². The largest absolute Gasteiger partial charge is 0.477 e. The molecule has 2 rings (SSSR count). The molecular formula is C30H37NO12. The minimum absolute atomic E-state index is 0.0120. The van der Waals surface area contributed by atoms with E-state index in [1.54, 1.807) is 12.2 Å². The minimum atomic E-state index is -1.57. The van der Waals surface area contributed by atoms with Gasteiger partial charge in [0.25, 0.3) is 0 Å². The molecule has 0 spiro atoms. The van der Waals surface area contributed by atoms with Crippen LogP contribution in [0.5, 0.6) is 0 Å². The summed E-state index contributed by atoms with van der Waals surface area (Å²) in [4.78, 5) is 73.6. The molecular weight excluding hydrogens is 566 g/mol. The Kier molecular flexibility index (Phi) is 12.9. The van der Waals surface area contributed by atoms with Gasteiger partial charge in [-0.25, -0.2) is 4.79 Å². The second-order valence-corrected chi connectivity index (χ2v) is 9.73. The van der Waals surface area contributed by atoms with Crippen LogP contribution in [-0.4, -0.2) is 79.9 Å². The van der Waals surface area contributed by atoms with E-state index in [4.69, 9.17) is 28.4 Å². The average molecular weight is 604 g/mol. The summed E-state index contributed by atoms with van der Waals surface area (Å²) in [6.45, 7) is 6.99. The van der Waals surface area contributed by atoms with Crippen LogP contribution in [0.4, 0.5) is 0 Å². The molecule has 0 saturated heterocycles. The van der Waals surface area contributed by atoms with Crippen molar-refractivity contribution in [3.8, 4) is 0 Å². The summed E-state index contributed by atoms with van der Waals surface area (Å²) >= 11 is 0. The van der Waals surface area contributed by atoms with Crippen molar-refractivity contribution in [1.29, 1.82) is 0 Å². The van der Waals surface area contributed by atoms with Gasteiger partial charge in [-0.15, -0.1) is 0 Å². The quantitative estimate of drug-likeness (QED) is 0.273. The van der Waals surface area contributed by atoms with Gasteiger partial charge in [-0.05, 0) is 18.9 Å². The van der Waals surface area contributed by atoms with Crippen LogP contribution in [0.15, 0.2) is 41.7 Å². The van der Waals surface area contributed by atoms with Crippen LogP contribution in [0.25, 0.3) is 6.08 Å². The molecule has 5 atom stereocenters. The first kappa shape index (κ1) is 34.5. The molecule has 1 aliphatic rings. The number of amides is 1. The van der Waals surface area contributed by atoms with Crippen LogP contribution >= 0.6 is 0 Å². The zero-order valence-corrected chi connectivity index (χ0v) is 25.2. The number of nitrogens with one attached hydrogen (secondary N) is 1. The SMILES string of the molecule is COC(=O)C1=C(C/C=C/c2ccc(C)cc2)[C@H](OC(C)=O)[C@@H](NC(C)=O)[C@H]([C@H](OC(C)=O)[C@@H](COC(C)=O)OC(C)=O)O1. The lowest BCUT2D eigenvalue weighted by atomic mass is 9.87. The molecule has 13 heteroatoms. The number of benzene rings is 1. The van der Waals surface area contributed by atoms with Crippen molar-refractivity contribution in [3.63, 3.8) is 0 Å². The molecule has 1 N–H and O–H groups in total. The molecule has 0 saturated carbocycles. The van der Waals surface area contributed by atoms with Gasteiger partial charge in [0.05, 0.1) is 7.11 Å². The van der Waals surface area contributed by atoms with Crippen molar-refractivity contribution in [3.05, 3.63) is 52.8 Å². The lowest BCUT2D eigenvalue weighted by molar-refractivity contribution is -0.192. The number of carbonyl (C=O) groups is 6. The highest BCUT2D eigenvalue weighted by Gasteiger charge is 2.51. The van der Waals surface area contributed by atoms with Gasteiger partial charge in [-0.1, -0.05) is 42.0 Å². The minimum Gasteiger partial charge on any atom is -0.477 e. The average Bonchev–Trinajstić information content (AvgIpc) is 2.91. The Morgan fingerprint density at radius 1 is 0.907 bits per heavy atom. The maximum absolute atomic E-state index is 13.0. The third-order valence-electron chi connectivity index (χ3n) is 6.09. The highest BCUT2D eigenvalue weighted by molar-refractivity contribution is 5.88. The molecule has 1 aromatic rings. The second kappa shape index (κ2) is 16.1. The third kappa shape index (κ3) is 10.6. The summed E-state index contributed by atoms with van der Waals surface area (Å²) in [6.07, 6.45) is -2.36. The molecule has 43 heavy (non-hydrogen) atoms. The van der Waals surface area contributed by atoms with Gasteiger partial charge in [0.1, 0.15) is 12.6 Å². The molecule has 13 nitrogen and oxygen atoms in total. The van der Waals surface area contributed by atoms with Gasteiger partial charge in [0.15, 0.2) is 24.4 Å². The van der Waals surface area contributed by atoms with E-state index in [1.807, 2.05) is 31.2 Å². The smallest absolute Gasteiger partial charge is 0.373 e. The lowest BCUT2D eigenvalue weighted by Crippen LogP contribution is -2.63. The molecule has 0 aromatic heterocycles. The Morgan fingerprint density at radius 2 is 1.53 bits per heavy atom. The van der Waals surface area contributed by atoms with Crippen LogP contribution in [0.1, 0.15) is 52.2 Å². The zero-order valence-electron chi connectivity index (χ0n) is 25.2. The van der Waals surface area contributed by atoms with E-state index >= 15 is 0 Å². The molecule has 0 radical (unpaired) electrons. The number of aryl methyl sites for hydroxylation is 1. The highest BCUT2D eigenvalue weighted by Crippen LogP contribution is 2.34. The molecule has 234 valence electrons. The fourth-order valence-electron chi connectivity index (χ4n) is 4.43. The van der Waals surface area contributed by atoms with E-state index in [0.29, 0.717) is 0 Å². The summed E-state index contributed by atoms with van der Waals surface area (Å²) in [5.74, 6) is -5.06. The van der Waals surface area contributed by atoms with Crippen molar-refractivity contribution in [2.24, 2.45) is 0 Å². The number of esters is 5. The fourth-order valence-corrected chi connectivity index (χ4v) is 4.43. The lowest BCUT2D eigenvalue weighted by Gasteiger charge is -2.43. The standard InChI is InChI=1S/C30H37NO12/c1-16-11-13-22(14-12-16)9-8-10-23-26(41-20(5)35)25(31-17(2)32)29(43-27(23)30(37)38-7)28(42-21(6)36)24(40-19(4)34)15-39-18(3)33/h8-9,11-14,24-26,28-29H,10,15H2,1-7H3,(H,31,32)/b9-8+/t24-,25-,26+,28-,29-/m1/s1. The van der Waals surface area contributed by atoms with Gasteiger partial charge in [0.2, 0.25) is 11.7 Å². The first-order chi connectivity index (χ1) is 20.2. The molecule has 0 fully saturated rings. The van der Waals surface area contributed by atoms with E-state index in [0.717, 1.165) is 45.9 Å². The topological polar surface area (TPSA) is 170 Å². The number of hydrogen-bond acceptors (Lipinski definition) is 12. The summed E-state index contributed by atoms with van der Waals surface area (Å²) < 4.78 is 32.5. The summed E-state index contributed by atoms with van der Waals surface area (Å²) in [7, 11) is 1.11. The van der Waals surface area contributed by atoms with Crippen molar-refractivity contribution in [2.45, 2.75) is 78.4 Å². The fraction of sp³-hybridized carbons (Fsp3) is 0.467. The zero-order chi connectivity index (χ0) is 32.3. The number of carbonyl (C=O) groups excluding carboxylic acids is 6. The van der Waals surface area contributed by atoms with Gasteiger partial charge in [0, 0.05) is 40.2 Å². The third-order valence-corrected chi connectivity index (χ3v) is 6.09. The molecule has 1 heterocycles. The van der Waals surface area contributed by atoms with E-state index in [1.165, 1.54) is 6.92 Å². The van der Waals surface area contributed by atoms with Crippen LogP contribution in [0, 0.1) is 6.92 Å². The van der Waals surface area contributed by atoms with E-state index < -0.39 is 72.8 Å². The van der Waals surface area contributed by atoms with Crippen molar-refractivity contribution >= 4 is 41.8 Å². The monoisotopic (exact) mass is 603 g/mol. The van der Waals surface area contributed by atoms with E-state index in [-0.39, 0.29) is 17.8 Å². The molecule has 1 amide bonds. The number of allylic oxidation sites excluding steroid dienone is 1. The predicted octanol–water partition coefficient (Wildman–Crippen LogP) is 2.09. The maximum Gasteiger partial charge on any atom is 0.373 e. The van der Waals surface area contributed by atoms with Crippen molar-refractivity contribution < 1.29 is 57.2 Å². The Labute approximate surface area is 249 Å². The predicted molar refractivity (Wildman–Crippen MR) is 150 cm³/mol. The Morgan fingerprint density at radius 3 is 2.05 bits per heavy atom. The first-order valence-corrected chi connectivity index (χ1v) is 13.4. The van der Waals surface area contributed by atoms with Crippen molar-refractivity contribution in [2.75, 3.05) is 13.7 Å². The number of methoxy groups -OCH3 is 1. The van der Waals surface area contributed by atoms with E-state index in [9.17, 15) is 28.8 Å². The van der Waals surface area contributed by atoms with Gasteiger partial charge in [-0.3, -0.25) is 24.0 Å². The van der Waals surface area contributed by atoms with Crippen LogP contribution in [0.3, 0.4) is 0 Å². The number of rotatable bonds is 12. The van der Waals surface area contributed by atoms with Crippen LogP contribution in [-0.2, 0) is 57.2 Å². The summed E-state index contributed by atoms with van der Waals surface area (Å²) in [5.41, 5.74) is 2.06. The normalized spacial score (nSPS) is 19.4. The molecule has 0 unspecified atom stereocenters. The first-order valence-electron chi connectivity index (χ1n) is 13.4. The summed E-state index contributed by atoms with van der Waals surface area (Å²) in [5, 5.41) is 2.64. The van der Waals surface area contributed by atoms with Gasteiger partial charge < -0.3 is 33.7 Å². The second-order valence-electron chi connectivity index (χ2n) is 9.73. The Bertz CT molecular complexity index is 1270. The molecule has 0 bridgehead atoms. The van der Waals surface area contributed by atoms with Gasteiger partial charge in [-0.2, -0.15) is 0 Å². The summed E-state index contributed by atoms with van der Waals surface area (Å²) in [6, 6.07) is 6.34. The molecule has 1 aromatic carbocycles. The Balaban J connectivity index is 2.74. The highest BCUT2D eigenvalue weighted by atomic mass is 16.6. The molecule has 0 aliphatic carbocycles. The molecule has 1 aliphatic heterocycles. The maximum atomic E-state index is 13.0. The van der Waals surface area contributed by atoms with Crippen LogP contribution in [0.2, 0.25) is 0 Å². The number of hydrogen-bond donors (Lipinski definition) is 1. The van der Waals surface area contributed by atoms with Gasteiger partial charge >= 0.3 is 29.8 Å². The number of ether oxygens (including phenoxy) is 6. The van der Waals surface area contributed by atoms with Crippen LogP contribution < -0.4 is 5.32 Å². The Hall–Kier alpha value is -4.68. The van der Waals surface area contributed by atoms with Crippen molar-refractivity contribution in [1.82, 2.24) is 5.32 Å².